The molecule has 2 nitrogen and oxygen atoms in total. The van der Waals surface area contributed by atoms with Gasteiger partial charge in [0.05, 0.1) is 6.07 Å². The van der Waals surface area contributed by atoms with Crippen molar-refractivity contribution in [3.05, 3.63) is 0 Å². The zero-order valence-electron chi connectivity index (χ0n) is 9.88. The van der Waals surface area contributed by atoms with Crippen LogP contribution in [-0.4, -0.2) is 5.78 Å². The molecule has 0 saturated heterocycles. The fourth-order valence-electron chi connectivity index (χ4n) is 2.54. The summed E-state index contributed by atoms with van der Waals surface area (Å²) in [5.74, 6) is -0.162. The third-order valence-corrected chi connectivity index (χ3v) is 3.60. The van der Waals surface area contributed by atoms with E-state index in [1.165, 1.54) is 6.42 Å². The molecule has 0 N–H and O–H groups in total. The van der Waals surface area contributed by atoms with E-state index in [2.05, 4.69) is 13.0 Å². The van der Waals surface area contributed by atoms with E-state index in [-0.39, 0.29) is 17.1 Å². The Labute approximate surface area is 92.7 Å². The molecule has 0 aromatic carbocycles. The topological polar surface area (TPSA) is 40.9 Å². The van der Waals surface area contributed by atoms with Gasteiger partial charge >= 0.3 is 0 Å². The van der Waals surface area contributed by atoms with Crippen LogP contribution in [0.4, 0.5) is 0 Å². The van der Waals surface area contributed by atoms with E-state index in [0.717, 1.165) is 38.5 Å². The molecule has 1 rings (SSSR count). The normalized spacial score (nSPS) is 21.7. The van der Waals surface area contributed by atoms with Crippen LogP contribution in [0.3, 0.4) is 0 Å². The SMILES string of the molecule is CCCC(C#N)C(=O)C1(C)CCCCC1. The number of carbonyl (C=O) groups excluding carboxylic acids is 1. The fourth-order valence-corrected chi connectivity index (χ4v) is 2.54. The average Bonchev–Trinajstić information content (AvgIpc) is 2.26. The highest BCUT2D eigenvalue weighted by atomic mass is 16.1. The molecule has 1 fully saturated rings. The van der Waals surface area contributed by atoms with Crippen molar-refractivity contribution in [1.29, 1.82) is 5.26 Å². The maximum atomic E-state index is 12.2. The summed E-state index contributed by atoms with van der Waals surface area (Å²) in [6.45, 7) is 4.08. The first-order chi connectivity index (χ1) is 7.14. The summed E-state index contributed by atoms with van der Waals surface area (Å²) in [6, 6.07) is 2.18. The van der Waals surface area contributed by atoms with Gasteiger partial charge in [0.1, 0.15) is 5.92 Å². The van der Waals surface area contributed by atoms with Crippen molar-refractivity contribution >= 4 is 5.78 Å². The molecule has 1 aliphatic carbocycles. The lowest BCUT2D eigenvalue weighted by Crippen LogP contribution is -2.34. The van der Waals surface area contributed by atoms with Gasteiger partial charge in [-0.25, -0.2) is 0 Å². The largest absolute Gasteiger partial charge is 0.298 e. The molecule has 84 valence electrons. The molecule has 1 atom stereocenters. The molecule has 1 unspecified atom stereocenters. The van der Waals surface area contributed by atoms with Crippen molar-refractivity contribution in [2.75, 3.05) is 0 Å². The lowest BCUT2D eigenvalue weighted by atomic mass is 9.69. The second kappa shape index (κ2) is 5.30. The third kappa shape index (κ3) is 2.81. The number of Topliss-reactive ketones (excluding diaryl/α,β-unsaturated/α-hetero) is 1. The molecule has 0 aliphatic heterocycles. The number of carbonyl (C=O) groups is 1. The van der Waals surface area contributed by atoms with Crippen LogP contribution >= 0.6 is 0 Å². The molecule has 0 amide bonds. The van der Waals surface area contributed by atoms with Gasteiger partial charge in [0.15, 0.2) is 5.78 Å². The molecule has 0 aromatic rings. The molecular weight excluding hydrogens is 186 g/mol. The number of nitriles is 1. The molecule has 1 saturated carbocycles. The van der Waals surface area contributed by atoms with E-state index in [1.54, 1.807) is 0 Å². The minimum Gasteiger partial charge on any atom is -0.298 e. The van der Waals surface area contributed by atoms with E-state index >= 15 is 0 Å². The number of ketones is 1. The van der Waals surface area contributed by atoms with Crippen LogP contribution in [0.25, 0.3) is 0 Å². The highest BCUT2D eigenvalue weighted by molar-refractivity contribution is 5.88. The Morgan fingerprint density at radius 1 is 1.40 bits per heavy atom. The average molecular weight is 207 g/mol. The van der Waals surface area contributed by atoms with E-state index in [0.29, 0.717) is 0 Å². The van der Waals surface area contributed by atoms with Crippen LogP contribution in [0.15, 0.2) is 0 Å². The summed E-state index contributed by atoms with van der Waals surface area (Å²) in [5.41, 5.74) is -0.201. The molecule has 0 spiro atoms. The highest BCUT2D eigenvalue weighted by Gasteiger charge is 2.38. The second-order valence-electron chi connectivity index (χ2n) is 4.96. The van der Waals surface area contributed by atoms with E-state index in [1.807, 2.05) is 6.92 Å². The maximum absolute atomic E-state index is 12.2. The summed E-state index contributed by atoms with van der Waals surface area (Å²) in [5, 5.41) is 9.00. The van der Waals surface area contributed by atoms with Crippen molar-refractivity contribution in [2.24, 2.45) is 11.3 Å². The van der Waals surface area contributed by atoms with E-state index < -0.39 is 0 Å². The summed E-state index contributed by atoms with van der Waals surface area (Å²) < 4.78 is 0. The van der Waals surface area contributed by atoms with Crippen LogP contribution < -0.4 is 0 Å². The van der Waals surface area contributed by atoms with Crippen molar-refractivity contribution < 1.29 is 4.79 Å². The molecule has 1 aliphatic rings. The van der Waals surface area contributed by atoms with Gasteiger partial charge in [-0.2, -0.15) is 5.26 Å². The Balaban J connectivity index is 2.68. The van der Waals surface area contributed by atoms with E-state index in [4.69, 9.17) is 5.26 Å². The maximum Gasteiger partial charge on any atom is 0.155 e. The second-order valence-corrected chi connectivity index (χ2v) is 4.96. The predicted molar refractivity (Wildman–Crippen MR) is 60.2 cm³/mol. The van der Waals surface area contributed by atoms with Crippen molar-refractivity contribution in [3.8, 4) is 6.07 Å². The van der Waals surface area contributed by atoms with Gasteiger partial charge in [-0.1, -0.05) is 39.5 Å². The Morgan fingerprint density at radius 3 is 2.47 bits per heavy atom. The number of nitrogens with zero attached hydrogens (tertiary/aromatic N) is 1. The van der Waals surface area contributed by atoms with Gasteiger partial charge in [0.2, 0.25) is 0 Å². The Morgan fingerprint density at radius 2 is 2.00 bits per heavy atom. The Hall–Kier alpha value is -0.840. The summed E-state index contributed by atoms with van der Waals surface area (Å²) in [7, 11) is 0. The molecule has 0 radical (unpaired) electrons. The molecule has 2 heteroatoms. The zero-order chi connectivity index (χ0) is 11.3. The first-order valence-electron chi connectivity index (χ1n) is 6.08. The zero-order valence-corrected chi connectivity index (χ0v) is 9.88. The molecule has 15 heavy (non-hydrogen) atoms. The minimum absolute atomic E-state index is 0.201. The smallest absolute Gasteiger partial charge is 0.155 e. The number of rotatable bonds is 4. The van der Waals surface area contributed by atoms with Crippen molar-refractivity contribution in [1.82, 2.24) is 0 Å². The van der Waals surface area contributed by atoms with Crippen molar-refractivity contribution in [3.63, 3.8) is 0 Å². The minimum atomic E-state index is -0.363. The fraction of sp³-hybridized carbons (Fsp3) is 0.846. The summed E-state index contributed by atoms with van der Waals surface area (Å²) >= 11 is 0. The molecule has 0 aromatic heterocycles. The number of hydrogen-bond acceptors (Lipinski definition) is 2. The van der Waals surface area contributed by atoms with Crippen LogP contribution in [0.5, 0.6) is 0 Å². The van der Waals surface area contributed by atoms with Gasteiger partial charge in [0, 0.05) is 5.41 Å². The summed E-state index contributed by atoms with van der Waals surface area (Å²) in [6.07, 6.45) is 7.14. The standard InChI is InChI=1S/C13H21NO/c1-3-7-11(10-14)12(15)13(2)8-5-4-6-9-13/h11H,3-9H2,1-2H3. The van der Waals surface area contributed by atoms with Crippen molar-refractivity contribution in [2.45, 2.75) is 58.8 Å². The molecule has 0 bridgehead atoms. The molecular formula is C13H21NO. The van der Waals surface area contributed by atoms with Gasteiger partial charge in [-0.05, 0) is 19.3 Å². The molecule has 0 heterocycles. The quantitative estimate of drug-likeness (QED) is 0.708. The number of hydrogen-bond donors (Lipinski definition) is 0. The third-order valence-electron chi connectivity index (χ3n) is 3.60. The Bertz CT molecular complexity index is 258. The van der Waals surface area contributed by atoms with Crippen LogP contribution in [0.2, 0.25) is 0 Å². The summed E-state index contributed by atoms with van der Waals surface area (Å²) in [4.78, 5) is 12.2. The van der Waals surface area contributed by atoms with Crippen LogP contribution in [-0.2, 0) is 4.79 Å². The van der Waals surface area contributed by atoms with Gasteiger partial charge in [-0.3, -0.25) is 4.79 Å². The lowest BCUT2D eigenvalue weighted by Gasteiger charge is -2.33. The van der Waals surface area contributed by atoms with Gasteiger partial charge in [-0.15, -0.1) is 0 Å². The monoisotopic (exact) mass is 207 g/mol. The van der Waals surface area contributed by atoms with Crippen LogP contribution in [0, 0.1) is 22.7 Å². The first kappa shape index (κ1) is 12.2. The van der Waals surface area contributed by atoms with Gasteiger partial charge in [0.25, 0.3) is 0 Å². The highest BCUT2D eigenvalue weighted by Crippen LogP contribution is 2.39. The van der Waals surface area contributed by atoms with Gasteiger partial charge < -0.3 is 0 Å². The first-order valence-corrected chi connectivity index (χ1v) is 6.08. The lowest BCUT2D eigenvalue weighted by molar-refractivity contribution is -0.132. The van der Waals surface area contributed by atoms with E-state index in [9.17, 15) is 4.79 Å². The van der Waals surface area contributed by atoms with Crippen LogP contribution in [0.1, 0.15) is 58.8 Å². The Kier molecular flexibility index (Phi) is 4.32. The predicted octanol–water partition coefficient (Wildman–Crippen LogP) is 3.47.